The van der Waals surface area contributed by atoms with Gasteiger partial charge in [-0.15, -0.1) is 0 Å². The van der Waals surface area contributed by atoms with Crippen LogP contribution in [0.4, 0.5) is 0 Å². The molecule has 0 amide bonds. The van der Waals surface area contributed by atoms with E-state index in [4.69, 9.17) is 5.26 Å². The number of nitriles is 1. The standard InChI is InChI=1S/C16H18N2/c17-12-14-6-3-7-16-15(14)9-11-18(16)10-8-13-4-1-2-5-13/h3,6-7,9,11,13H,1-2,4-5,8,10H2. The summed E-state index contributed by atoms with van der Waals surface area (Å²) < 4.78 is 2.30. The largest absolute Gasteiger partial charge is 0.347 e. The fourth-order valence-corrected chi connectivity index (χ4v) is 3.14. The van der Waals surface area contributed by atoms with Gasteiger partial charge in [-0.05, 0) is 30.5 Å². The molecular formula is C16H18N2. The van der Waals surface area contributed by atoms with Gasteiger partial charge < -0.3 is 4.57 Å². The fraction of sp³-hybridized carbons (Fsp3) is 0.438. The van der Waals surface area contributed by atoms with E-state index in [1.54, 1.807) is 0 Å². The van der Waals surface area contributed by atoms with Crippen molar-refractivity contribution in [2.75, 3.05) is 0 Å². The Kier molecular flexibility index (Phi) is 3.06. The van der Waals surface area contributed by atoms with Crippen LogP contribution in [0.15, 0.2) is 30.5 Å². The molecule has 0 unspecified atom stereocenters. The number of benzene rings is 1. The highest BCUT2D eigenvalue weighted by Crippen LogP contribution is 2.29. The fourth-order valence-electron chi connectivity index (χ4n) is 3.14. The maximum Gasteiger partial charge on any atom is 0.0998 e. The summed E-state index contributed by atoms with van der Waals surface area (Å²) in [5.41, 5.74) is 1.99. The van der Waals surface area contributed by atoms with Crippen LogP contribution >= 0.6 is 0 Å². The Labute approximate surface area is 108 Å². The second-order valence-electron chi connectivity index (χ2n) is 5.30. The molecule has 1 heterocycles. The Morgan fingerprint density at radius 1 is 1.22 bits per heavy atom. The predicted octanol–water partition coefficient (Wildman–Crippen LogP) is 4.09. The molecule has 1 saturated carbocycles. The Bertz CT molecular complexity index is 583. The smallest absolute Gasteiger partial charge is 0.0998 e. The molecule has 3 rings (SSSR count). The minimum Gasteiger partial charge on any atom is -0.347 e. The van der Waals surface area contributed by atoms with E-state index in [1.807, 2.05) is 12.1 Å². The van der Waals surface area contributed by atoms with E-state index in [9.17, 15) is 0 Å². The summed E-state index contributed by atoms with van der Waals surface area (Å²) in [5.74, 6) is 0.918. The van der Waals surface area contributed by atoms with Crippen molar-refractivity contribution in [2.24, 2.45) is 5.92 Å². The summed E-state index contributed by atoms with van der Waals surface area (Å²) >= 11 is 0. The molecule has 2 heteroatoms. The molecule has 2 nitrogen and oxygen atoms in total. The lowest BCUT2D eigenvalue weighted by Gasteiger charge is -2.10. The quantitative estimate of drug-likeness (QED) is 0.791. The van der Waals surface area contributed by atoms with E-state index >= 15 is 0 Å². The molecule has 1 aliphatic carbocycles. The minimum absolute atomic E-state index is 0.784. The van der Waals surface area contributed by atoms with Crippen LogP contribution in [-0.4, -0.2) is 4.57 Å². The zero-order chi connectivity index (χ0) is 12.4. The average Bonchev–Trinajstić information content (AvgIpc) is 3.05. The van der Waals surface area contributed by atoms with Gasteiger partial charge in [0, 0.05) is 23.6 Å². The summed E-state index contributed by atoms with van der Waals surface area (Å²) in [6.07, 6.45) is 9.04. The molecule has 0 radical (unpaired) electrons. The first-order chi connectivity index (χ1) is 8.88. The van der Waals surface area contributed by atoms with E-state index in [0.717, 1.165) is 23.4 Å². The third-order valence-corrected chi connectivity index (χ3v) is 4.19. The van der Waals surface area contributed by atoms with E-state index < -0.39 is 0 Å². The van der Waals surface area contributed by atoms with Crippen molar-refractivity contribution in [2.45, 2.75) is 38.6 Å². The highest BCUT2D eigenvalue weighted by atomic mass is 14.9. The SMILES string of the molecule is N#Cc1cccc2c1ccn2CCC1CCCC1. The van der Waals surface area contributed by atoms with Crippen molar-refractivity contribution in [3.05, 3.63) is 36.0 Å². The number of hydrogen-bond donors (Lipinski definition) is 0. The summed E-state index contributed by atoms with van der Waals surface area (Å²) in [6.45, 7) is 1.09. The van der Waals surface area contributed by atoms with Crippen LogP contribution in [0.25, 0.3) is 10.9 Å². The van der Waals surface area contributed by atoms with Crippen LogP contribution in [0.3, 0.4) is 0 Å². The number of fused-ring (bicyclic) bond motifs is 1. The second-order valence-corrected chi connectivity index (χ2v) is 5.30. The van der Waals surface area contributed by atoms with Crippen LogP contribution < -0.4 is 0 Å². The molecule has 0 N–H and O–H groups in total. The lowest BCUT2D eigenvalue weighted by Crippen LogP contribution is -2.02. The van der Waals surface area contributed by atoms with Gasteiger partial charge in [-0.3, -0.25) is 0 Å². The van der Waals surface area contributed by atoms with Gasteiger partial charge in [0.25, 0.3) is 0 Å². The van der Waals surface area contributed by atoms with Crippen LogP contribution in [0.5, 0.6) is 0 Å². The molecule has 0 atom stereocenters. The van der Waals surface area contributed by atoms with Gasteiger partial charge in [0.2, 0.25) is 0 Å². The zero-order valence-electron chi connectivity index (χ0n) is 10.6. The van der Waals surface area contributed by atoms with Gasteiger partial charge in [0.15, 0.2) is 0 Å². The topological polar surface area (TPSA) is 28.7 Å². The molecule has 0 bridgehead atoms. The molecule has 1 aromatic heterocycles. The van der Waals surface area contributed by atoms with Crippen LogP contribution in [-0.2, 0) is 6.54 Å². The molecule has 0 spiro atoms. The summed E-state index contributed by atoms with van der Waals surface area (Å²) in [5, 5.41) is 10.2. The third kappa shape index (κ3) is 2.01. The molecular weight excluding hydrogens is 220 g/mol. The number of nitrogens with zero attached hydrogens (tertiary/aromatic N) is 2. The van der Waals surface area contributed by atoms with E-state index in [0.29, 0.717) is 0 Å². The van der Waals surface area contributed by atoms with Crippen LogP contribution in [0.2, 0.25) is 0 Å². The van der Waals surface area contributed by atoms with E-state index in [1.165, 1.54) is 37.6 Å². The Balaban J connectivity index is 1.82. The van der Waals surface area contributed by atoms with Crippen molar-refractivity contribution in [3.8, 4) is 6.07 Å². The first-order valence-electron chi connectivity index (χ1n) is 6.86. The van der Waals surface area contributed by atoms with Gasteiger partial charge in [0.1, 0.15) is 0 Å². The van der Waals surface area contributed by atoms with Crippen molar-refractivity contribution in [3.63, 3.8) is 0 Å². The predicted molar refractivity (Wildman–Crippen MR) is 73.2 cm³/mol. The highest BCUT2D eigenvalue weighted by Gasteiger charge is 2.15. The zero-order valence-corrected chi connectivity index (χ0v) is 10.6. The Morgan fingerprint density at radius 3 is 2.83 bits per heavy atom. The van der Waals surface area contributed by atoms with Crippen LogP contribution in [0, 0.1) is 17.2 Å². The summed E-state index contributed by atoms with van der Waals surface area (Å²) in [6, 6.07) is 10.3. The highest BCUT2D eigenvalue weighted by molar-refractivity contribution is 5.85. The van der Waals surface area contributed by atoms with Gasteiger partial charge >= 0.3 is 0 Å². The van der Waals surface area contributed by atoms with Gasteiger partial charge in [0.05, 0.1) is 11.6 Å². The number of aromatic nitrogens is 1. The normalized spacial score (nSPS) is 16.2. The lowest BCUT2D eigenvalue weighted by molar-refractivity contribution is 0.463. The van der Waals surface area contributed by atoms with E-state index in [-0.39, 0.29) is 0 Å². The minimum atomic E-state index is 0.784. The van der Waals surface area contributed by atoms with Gasteiger partial charge in [-0.1, -0.05) is 31.7 Å². The first-order valence-corrected chi connectivity index (χ1v) is 6.86. The molecule has 0 aliphatic heterocycles. The first kappa shape index (κ1) is 11.3. The molecule has 92 valence electrons. The molecule has 18 heavy (non-hydrogen) atoms. The van der Waals surface area contributed by atoms with Crippen molar-refractivity contribution in [1.29, 1.82) is 5.26 Å². The summed E-state index contributed by atoms with van der Waals surface area (Å²) in [4.78, 5) is 0. The maximum atomic E-state index is 9.09. The third-order valence-electron chi connectivity index (χ3n) is 4.19. The monoisotopic (exact) mass is 238 g/mol. The molecule has 1 fully saturated rings. The molecule has 2 aromatic rings. The van der Waals surface area contributed by atoms with Gasteiger partial charge in [-0.25, -0.2) is 0 Å². The van der Waals surface area contributed by atoms with Crippen molar-refractivity contribution < 1.29 is 0 Å². The van der Waals surface area contributed by atoms with Gasteiger partial charge in [-0.2, -0.15) is 5.26 Å². The number of rotatable bonds is 3. The average molecular weight is 238 g/mol. The summed E-state index contributed by atoms with van der Waals surface area (Å²) in [7, 11) is 0. The Hall–Kier alpha value is -1.75. The Morgan fingerprint density at radius 2 is 2.06 bits per heavy atom. The van der Waals surface area contributed by atoms with Crippen LogP contribution in [0.1, 0.15) is 37.7 Å². The molecule has 0 saturated heterocycles. The second kappa shape index (κ2) is 4.86. The van der Waals surface area contributed by atoms with Crippen molar-refractivity contribution in [1.82, 2.24) is 4.57 Å². The number of hydrogen-bond acceptors (Lipinski definition) is 1. The number of aryl methyl sites for hydroxylation is 1. The molecule has 1 aromatic carbocycles. The maximum absolute atomic E-state index is 9.09. The molecule has 1 aliphatic rings. The lowest BCUT2D eigenvalue weighted by atomic mass is 10.0. The van der Waals surface area contributed by atoms with E-state index in [2.05, 4.69) is 29.0 Å². The van der Waals surface area contributed by atoms with Crippen molar-refractivity contribution >= 4 is 10.9 Å².